The molecule has 1 heterocycles. The average molecular weight is 410 g/mol. The van der Waals surface area contributed by atoms with Gasteiger partial charge < -0.3 is 14.6 Å². The smallest absolute Gasteiger partial charge is 0.269 e. The van der Waals surface area contributed by atoms with E-state index in [0.29, 0.717) is 30.2 Å². The molecule has 3 aromatic rings. The molecule has 1 amide bonds. The minimum absolute atomic E-state index is 0.0391. The first-order chi connectivity index (χ1) is 14.6. The number of carbonyl (C=O) groups excluding carboxylic acids is 1. The summed E-state index contributed by atoms with van der Waals surface area (Å²) in [6.07, 6.45) is 3.22. The molecule has 9 heteroatoms. The molecule has 0 radical (unpaired) electrons. The van der Waals surface area contributed by atoms with Gasteiger partial charge in [-0.25, -0.2) is 0 Å². The number of non-ortho nitro benzene ring substituents is 1. The fraction of sp³-hybridized carbons (Fsp3) is 0.286. The van der Waals surface area contributed by atoms with Gasteiger partial charge in [0.25, 0.3) is 11.6 Å². The Bertz CT molecular complexity index is 983. The zero-order chi connectivity index (χ0) is 21.3. The molecule has 2 aromatic carbocycles. The third kappa shape index (κ3) is 5.63. The maximum Gasteiger partial charge on any atom is 0.269 e. The molecule has 0 aliphatic rings. The minimum Gasteiger partial charge on any atom is -0.497 e. The van der Waals surface area contributed by atoms with Crippen LogP contribution in [0, 0.1) is 10.1 Å². The number of nitro benzene ring substituents is 1. The zero-order valence-electron chi connectivity index (χ0n) is 16.5. The van der Waals surface area contributed by atoms with Crippen LogP contribution in [0.2, 0.25) is 0 Å². The summed E-state index contributed by atoms with van der Waals surface area (Å²) in [6, 6.07) is 13.0. The molecule has 156 valence electrons. The van der Waals surface area contributed by atoms with Crippen LogP contribution in [-0.2, 0) is 6.42 Å². The van der Waals surface area contributed by atoms with Crippen molar-refractivity contribution in [2.75, 3.05) is 13.7 Å². The Balaban J connectivity index is 1.35. The Morgan fingerprint density at radius 2 is 1.83 bits per heavy atom. The van der Waals surface area contributed by atoms with Crippen LogP contribution >= 0.6 is 0 Å². The van der Waals surface area contributed by atoms with Crippen LogP contribution in [0.3, 0.4) is 0 Å². The number of benzene rings is 2. The number of aryl methyl sites for hydroxylation is 1. The highest BCUT2D eigenvalue weighted by Crippen LogP contribution is 2.20. The SMILES string of the molecule is COc1ccc(-c2noc(CCCCCNC(=O)c3ccc([N+](=O)[O-])cc3)n2)cc1. The van der Waals surface area contributed by atoms with E-state index >= 15 is 0 Å². The lowest BCUT2D eigenvalue weighted by atomic mass is 10.1. The average Bonchev–Trinajstić information content (AvgIpc) is 3.25. The summed E-state index contributed by atoms with van der Waals surface area (Å²) in [6.45, 7) is 0.525. The maximum atomic E-state index is 12.0. The van der Waals surface area contributed by atoms with E-state index in [1.807, 2.05) is 24.3 Å². The van der Waals surface area contributed by atoms with Gasteiger partial charge in [-0.15, -0.1) is 0 Å². The number of hydrogen-bond acceptors (Lipinski definition) is 7. The monoisotopic (exact) mass is 410 g/mol. The largest absolute Gasteiger partial charge is 0.497 e. The molecule has 0 unspecified atom stereocenters. The van der Waals surface area contributed by atoms with Crippen molar-refractivity contribution in [3.05, 3.63) is 70.1 Å². The minimum atomic E-state index is -0.495. The number of amides is 1. The van der Waals surface area contributed by atoms with E-state index < -0.39 is 4.92 Å². The van der Waals surface area contributed by atoms with Gasteiger partial charge in [-0.05, 0) is 49.2 Å². The second-order valence-electron chi connectivity index (χ2n) is 6.61. The first kappa shape index (κ1) is 21.0. The number of rotatable bonds is 10. The van der Waals surface area contributed by atoms with E-state index in [-0.39, 0.29) is 11.6 Å². The van der Waals surface area contributed by atoms with Crippen LogP contribution in [0.15, 0.2) is 53.1 Å². The standard InChI is InChI=1S/C21H22N4O5/c1-29-18-12-8-15(9-13-18)20-23-19(30-24-20)5-3-2-4-14-22-21(26)16-6-10-17(11-7-16)25(27)28/h6-13H,2-5,14H2,1H3,(H,22,26). The molecule has 9 nitrogen and oxygen atoms in total. The van der Waals surface area contributed by atoms with Crippen LogP contribution in [0.5, 0.6) is 5.75 Å². The number of aromatic nitrogens is 2. The third-order valence-corrected chi connectivity index (χ3v) is 4.51. The quantitative estimate of drug-likeness (QED) is 0.307. The second-order valence-corrected chi connectivity index (χ2v) is 6.61. The molecule has 3 rings (SSSR count). The molecule has 0 bridgehead atoms. The van der Waals surface area contributed by atoms with Crippen molar-refractivity contribution >= 4 is 11.6 Å². The molecular weight excluding hydrogens is 388 g/mol. The summed E-state index contributed by atoms with van der Waals surface area (Å²) < 4.78 is 10.4. The summed E-state index contributed by atoms with van der Waals surface area (Å²) in [7, 11) is 1.61. The number of nitrogens with zero attached hydrogens (tertiary/aromatic N) is 3. The van der Waals surface area contributed by atoms with Gasteiger partial charge in [-0.2, -0.15) is 4.98 Å². The number of nitrogens with one attached hydrogen (secondary N) is 1. The molecule has 1 aromatic heterocycles. The van der Waals surface area contributed by atoms with Gasteiger partial charge in [-0.3, -0.25) is 14.9 Å². The van der Waals surface area contributed by atoms with Crippen molar-refractivity contribution in [1.82, 2.24) is 15.5 Å². The molecule has 0 aliphatic heterocycles. The lowest BCUT2D eigenvalue weighted by Crippen LogP contribution is -2.24. The lowest BCUT2D eigenvalue weighted by Gasteiger charge is -2.04. The highest BCUT2D eigenvalue weighted by atomic mass is 16.6. The van der Waals surface area contributed by atoms with Gasteiger partial charge in [0.1, 0.15) is 5.75 Å². The van der Waals surface area contributed by atoms with Gasteiger partial charge in [-0.1, -0.05) is 11.6 Å². The normalized spacial score (nSPS) is 10.6. The summed E-state index contributed by atoms with van der Waals surface area (Å²) in [5, 5.41) is 17.5. The highest BCUT2D eigenvalue weighted by Gasteiger charge is 2.10. The first-order valence-corrected chi connectivity index (χ1v) is 9.56. The van der Waals surface area contributed by atoms with E-state index in [4.69, 9.17) is 9.26 Å². The fourth-order valence-electron chi connectivity index (χ4n) is 2.83. The molecular formula is C21H22N4O5. The van der Waals surface area contributed by atoms with Gasteiger partial charge >= 0.3 is 0 Å². The zero-order valence-corrected chi connectivity index (χ0v) is 16.5. The van der Waals surface area contributed by atoms with Crippen molar-refractivity contribution < 1.29 is 19.0 Å². The van der Waals surface area contributed by atoms with Gasteiger partial charge in [0, 0.05) is 36.2 Å². The van der Waals surface area contributed by atoms with Gasteiger partial charge in [0.15, 0.2) is 0 Å². The van der Waals surface area contributed by atoms with Crippen molar-refractivity contribution in [3.63, 3.8) is 0 Å². The number of unbranched alkanes of at least 4 members (excludes halogenated alkanes) is 2. The van der Waals surface area contributed by atoms with Crippen LogP contribution in [-0.4, -0.2) is 34.6 Å². The summed E-state index contributed by atoms with van der Waals surface area (Å²) in [5.41, 5.74) is 1.22. The maximum absolute atomic E-state index is 12.0. The third-order valence-electron chi connectivity index (χ3n) is 4.51. The molecule has 0 aliphatic carbocycles. The van der Waals surface area contributed by atoms with Crippen molar-refractivity contribution in [1.29, 1.82) is 0 Å². The number of ether oxygens (including phenoxy) is 1. The second kappa shape index (κ2) is 10.1. The molecule has 0 fully saturated rings. The molecule has 1 N–H and O–H groups in total. The molecule has 30 heavy (non-hydrogen) atoms. The van der Waals surface area contributed by atoms with Crippen molar-refractivity contribution in [3.8, 4) is 17.1 Å². The Kier molecular flexibility index (Phi) is 7.09. The first-order valence-electron chi connectivity index (χ1n) is 9.56. The van der Waals surface area contributed by atoms with Crippen LogP contribution < -0.4 is 10.1 Å². The van der Waals surface area contributed by atoms with E-state index in [1.54, 1.807) is 7.11 Å². The predicted octanol–water partition coefficient (Wildman–Crippen LogP) is 3.80. The highest BCUT2D eigenvalue weighted by molar-refractivity contribution is 5.94. The molecule has 0 atom stereocenters. The van der Waals surface area contributed by atoms with Gasteiger partial charge in [0.2, 0.25) is 11.7 Å². The lowest BCUT2D eigenvalue weighted by molar-refractivity contribution is -0.384. The van der Waals surface area contributed by atoms with Crippen LogP contribution in [0.25, 0.3) is 11.4 Å². The van der Waals surface area contributed by atoms with Crippen molar-refractivity contribution in [2.45, 2.75) is 25.7 Å². The molecule has 0 saturated carbocycles. The Morgan fingerprint density at radius 3 is 2.50 bits per heavy atom. The number of carbonyl (C=O) groups is 1. The molecule has 0 spiro atoms. The topological polar surface area (TPSA) is 120 Å². The van der Waals surface area contributed by atoms with E-state index in [9.17, 15) is 14.9 Å². The van der Waals surface area contributed by atoms with Gasteiger partial charge in [0.05, 0.1) is 12.0 Å². The Morgan fingerprint density at radius 1 is 1.10 bits per heavy atom. The fourth-order valence-corrected chi connectivity index (χ4v) is 2.83. The predicted molar refractivity (Wildman–Crippen MR) is 109 cm³/mol. The van der Waals surface area contributed by atoms with Crippen LogP contribution in [0.4, 0.5) is 5.69 Å². The van der Waals surface area contributed by atoms with E-state index in [0.717, 1.165) is 30.6 Å². The Hall–Kier alpha value is -3.75. The number of hydrogen-bond donors (Lipinski definition) is 1. The van der Waals surface area contributed by atoms with Crippen molar-refractivity contribution in [2.24, 2.45) is 0 Å². The summed E-state index contributed by atoms with van der Waals surface area (Å²) in [5.74, 6) is 1.65. The van der Waals surface area contributed by atoms with Crippen LogP contribution in [0.1, 0.15) is 35.5 Å². The van der Waals surface area contributed by atoms with E-state index in [1.165, 1.54) is 24.3 Å². The summed E-state index contributed by atoms with van der Waals surface area (Å²) in [4.78, 5) is 26.6. The number of methoxy groups -OCH3 is 1. The van der Waals surface area contributed by atoms with E-state index in [2.05, 4.69) is 15.5 Å². The summed E-state index contributed by atoms with van der Waals surface area (Å²) >= 11 is 0. The molecule has 0 saturated heterocycles. The Labute approximate surface area is 173 Å². The number of nitro groups is 1.